The van der Waals surface area contributed by atoms with Gasteiger partial charge in [0.1, 0.15) is 5.75 Å². The average molecular weight is 291 g/mol. The Morgan fingerprint density at radius 2 is 2.10 bits per heavy atom. The van der Waals surface area contributed by atoms with Crippen LogP contribution in [0, 0.1) is 0 Å². The van der Waals surface area contributed by atoms with E-state index in [1.54, 1.807) is 0 Å². The van der Waals surface area contributed by atoms with E-state index in [0.717, 1.165) is 43.2 Å². The molecule has 1 fully saturated rings. The smallest absolute Gasteiger partial charge is 0.144 e. The zero-order chi connectivity index (χ0) is 15.4. The van der Waals surface area contributed by atoms with Gasteiger partial charge in [-0.2, -0.15) is 0 Å². The van der Waals surface area contributed by atoms with Crippen molar-refractivity contribution in [3.8, 4) is 5.75 Å². The molecule has 118 valence electrons. The lowest BCUT2D eigenvalue weighted by atomic mass is 10.1. The Morgan fingerprint density at radius 3 is 2.76 bits per heavy atom. The van der Waals surface area contributed by atoms with Crippen LogP contribution < -0.4 is 15.4 Å². The summed E-state index contributed by atoms with van der Waals surface area (Å²) in [6.07, 6.45) is 2.43. The molecular formula is C17H29N3O. The molecule has 4 heteroatoms. The Morgan fingerprint density at radius 1 is 1.33 bits per heavy atom. The monoisotopic (exact) mass is 291 g/mol. The number of likely N-dealkylation sites (N-methyl/N-ethyl adjacent to an activating group) is 1. The Labute approximate surface area is 128 Å². The van der Waals surface area contributed by atoms with Gasteiger partial charge in [-0.3, -0.25) is 0 Å². The molecule has 0 amide bonds. The molecule has 21 heavy (non-hydrogen) atoms. The minimum Gasteiger partial charge on any atom is -0.489 e. The van der Waals surface area contributed by atoms with Crippen LogP contribution in [-0.4, -0.2) is 43.7 Å². The predicted octanol–water partition coefficient (Wildman–Crippen LogP) is 2.98. The molecule has 0 saturated carbocycles. The third-order valence-electron chi connectivity index (χ3n) is 4.09. The zero-order valence-electron chi connectivity index (χ0n) is 13.8. The van der Waals surface area contributed by atoms with E-state index < -0.39 is 0 Å². The number of hydrogen-bond acceptors (Lipinski definition) is 4. The summed E-state index contributed by atoms with van der Waals surface area (Å²) in [4.78, 5) is 4.88. The first-order chi connectivity index (χ1) is 10.0. The summed E-state index contributed by atoms with van der Waals surface area (Å²) in [7, 11) is 2.20. The molecule has 0 spiro atoms. The Balaban J connectivity index is 2.30. The van der Waals surface area contributed by atoms with Crippen molar-refractivity contribution in [1.82, 2.24) is 4.90 Å². The van der Waals surface area contributed by atoms with Gasteiger partial charge < -0.3 is 20.3 Å². The van der Waals surface area contributed by atoms with Crippen molar-refractivity contribution in [2.75, 3.05) is 37.3 Å². The normalized spacial score (nSPS) is 20.6. The van der Waals surface area contributed by atoms with Crippen molar-refractivity contribution in [2.45, 2.75) is 45.8 Å². The number of para-hydroxylation sites is 1. The second kappa shape index (κ2) is 7.03. The minimum atomic E-state index is 0.139. The summed E-state index contributed by atoms with van der Waals surface area (Å²) in [5.41, 5.74) is 8.28. The Hall–Kier alpha value is -1.42. The lowest BCUT2D eigenvalue weighted by Crippen LogP contribution is -2.40. The standard InChI is InChI=1S/C17H29N3O/c1-5-14-12-19(4)10-7-11-20(14)15-8-6-9-16(17(15)18)21-13(2)3/h6,8-9,13-14H,5,7,10-12,18H2,1-4H3. The molecule has 1 aliphatic rings. The van der Waals surface area contributed by atoms with Crippen LogP contribution in [0.2, 0.25) is 0 Å². The number of anilines is 2. The number of nitrogens with two attached hydrogens (primary N) is 1. The summed E-state index contributed by atoms with van der Waals surface area (Å²) < 4.78 is 5.84. The summed E-state index contributed by atoms with van der Waals surface area (Å²) in [6.45, 7) is 9.60. The van der Waals surface area contributed by atoms with Crippen LogP contribution in [0.5, 0.6) is 5.75 Å². The first-order valence-electron chi connectivity index (χ1n) is 8.03. The van der Waals surface area contributed by atoms with E-state index in [9.17, 15) is 0 Å². The van der Waals surface area contributed by atoms with E-state index in [2.05, 4.69) is 29.8 Å². The molecular weight excluding hydrogens is 262 g/mol. The van der Waals surface area contributed by atoms with Gasteiger partial charge in [0.2, 0.25) is 0 Å². The van der Waals surface area contributed by atoms with Crippen LogP contribution in [0.4, 0.5) is 11.4 Å². The van der Waals surface area contributed by atoms with Crippen molar-refractivity contribution in [3.05, 3.63) is 18.2 Å². The molecule has 0 aliphatic carbocycles. The molecule has 1 unspecified atom stereocenters. The van der Waals surface area contributed by atoms with Crippen LogP contribution in [0.25, 0.3) is 0 Å². The molecule has 1 aromatic rings. The van der Waals surface area contributed by atoms with Crippen LogP contribution >= 0.6 is 0 Å². The van der Waals surface area contributed by atoms with E-state index in [1.807, 2.05) is 26.0 Å². The summed E-state index contributed by atoms with van der Waals surface area (Å²) in [5, 5.41) is 0. The van der Waals surface area contributed by atoms with Crippen molar-refractivity contribution in [1.29, 1.82) is 0 Å². The highest BCUT2D eigenvalue weighted by molar-refractivity contribution is 5.74. The predicted molar refractivity (Wildman–Crippen MR) is 90.2 cm³/mol. The molecule has 0 radical (unpaired) electrons. The maximum Gasteiger partial charge on any atom is 0.144 e. The third-order valence-corrected chi connectivity index (χ3v) is 4.09. The second-order valence-electron chi connectivity index (χ2n) is 6.23. The SMILES string of the molecule is CCC1CN(C)CCCN1c1cccc(OC(C)C)c1N. The van der Waals surface area contributed by atoms with E-state index in [0.29, 0.717) is 6.04 Å². The molecule has 1 aliphatic heterocycles. The first kappa shape index (κ1) is 16.0. The van der Waals surface area contributed by atoms with Crippen LogP contribution in [0.1, 0.15) is 33.6 Å². The van der Waals surface area contributed by atoms with Gasteiger partial charge in [0.15, 0.2) is 0 Å². The van der Waals surface area contributed by atoms with Crippen LogP contribution in [0.3, 0.4) is 0 Å². The number of rotatable bonds is 4. The van der Waals surface area contributed by atoms with Gasteiger partial charge in [-0.05, 0) is 52.4 Å². The quantitative estimate of drug-likeness (QED) is 0.866. The van der Waals surface area contributed by atoms with Crippen LogP contribution in [-0.2, 0) is 0 Å². The molecule has 1 saturated heterocycles. The first-order valence-corrected chi connectivity index (χ1v) is 8.03. The van der Waals surface area contributed by atoms with Crippen molar-refractivity contribution < 1.29 is 4.74 Å². The average Bonchev–Trinajstić information content (AvgIpc) is 2.62. The minimum absolute atomic E-state index is 0.139. The highest BCUT2D eigenvalue weighted by Gasteiger charge is 2.24. The largest absolute Gasteiger partial charge is 0.489 e. The maximum absolute atomic E-state index is 6.38. The fourth-order valence-electron chi connectivity index (χ4n) is 3.05. The van der Waals surface area contributed by atoms with Crippen molar-refractivity contribution in [3.63, 3.8) is 0 Å². The number of nitrogen functional groups attached to an aromatic ring is 1. The van der Waals surface area contributed by atoms with E-state index in [4.69, 9.17) is 10.5 Å². The van der Waals surface area contributed by atoms with E-state index in [-0.39, 0.29) is 6.10 Å². The lowest BCUT2D eigenvalue weighted by molar-refractivity contribution is 0.244. The van der Waals surface area contributed by atoms with Crippen molar-refractivity contribution in [2.24, 2.45) is 0 Å². The van der Waals surface area contributed by atoms with Gasteiger partial charge in [-0.25, -0.2) is 0 Å². The fourth-order valence-corrected chi connectivity index (χ4v) is 3.05. The number of nitrogens with zero attached hydrogens (tertiary/aromatic N) is 2. The molecule has 1 atom stereocenters. The zero-order valence-corrected chi connectivity index (χ0v) is 13.8. The van der Waals surface area contributed by atoms with Gasteiger partial charge in [-0.1, -0.05) is 13.0 Å². The molecule has 1 heterocycles. The lowest BCUT2D eigenvalue weighted by Gasteiger charge is -2.33. The van der Waals surface area contributed by atoms with Crippen molar-refractivity contribution >= 4 is 11.4 Å². The Bertz CT molecular complexity index is 461. The molecule has 0 bridgehead atoms. The van der Waals surface area contributed by atoms with Gasteiger partial charge >= 0.3 is 0 Å². The van der Waals surface area contributed by atoms with Gasteiger partial charge in [0.25, 0.3) is 0 Å². The second-order valence-corrected chi connectivity index (χ2v) is 6.23. The molecule has 2 N–H and O–H groups in total. The highest BCUT2D eigenvalue weighted by atomic mass is 16.5. The van der Waals surface area contributed by atoms with Gasteiger partial charge in [0, 0.05) is 19.1 Å². The van der Waals surface area contributed by atoms with E-state index >= 15 is 0 Å². The highest BCUT2D eigenvalue weighted by Crippen LogP contribution is 2.35. The Kier molecular flexibility index (Phi) is 5.34. The number of benzene rings is 1. The molecule has 0 aromatic heterocycles. The van der Waals surface area contributed by atoms with E-state index in [1.165, 1.54) is 6.42 Å². The van der Waals surface area contributed by atoms with Gasteiger partial charge in [-0.15, -0.1) is 0 Å². The topological polar surface area (TPSA) is 41.7 Å². The molecule has 2 rings (SSSR count). The summed E-state index contributed by atoms with van der Waals surface area (Å²) in [6, 6.07) is 6.64. The summed E-state index contributed by atoms with van der Waals surface area (Å²) >= 11 is 0. The number of hydrogen-bond donors (Lipinski definition) is 1. The maximum atomic E-state index is 6.38. The van der Waals surface area contributed by atoms with Crippen LogP contribution in [0.15, 0.2) is 18.2 Å². The third kappa shape index (κ3) is 3.82. The number of ether oxygens (including phenoxy) is 1. The molecule has 4 nitrogen and oxygen atoms in total. The fraction of sp³-hybridized carbons (Fsp3) is 0.647. The summed E-state index contributed by atoms with van der Waals surface area (Å²) in [5.74, 6) is 0.801. The molecule has 1 aromatic carbocycles. The van der Waals surface area contributed by atoms with Gasteiger partial charge in [0.05, 0.1) is 17.5 Å².